The number of nitrogens with one attached hydrogen (secondary N) is 1. The third-order valence-corrected chi connectivity index (χ3v) is 4.56. The molecular formula is C16H23Cl2N. The Kier molecular flexibility index (Phi) is 6.00. The Labute approximate surface area is 126 Å². The van der Waals surface area contributed by atoms with Crippen LogP contribution in [0.25, 0.3) is 0 Å². The van der Waals surface area contributed by atoms with E-state index in [9.17, 15) is 0 Å². The minimum Gasteiger partial charge on any atom is -0.314 e. The molecule has 0 spiro atoms. The third-order valence-electron chi connectivity index (χ3n) is 3.85. The van der Waals surface area contributed by atoms with E-state index in [1.165, 1.54) is 25.7 Å². The van der Waals surface area contributed by atoms with Crippen LogP contribution in [0.1, 0.15) is 44.6 Å². The van der Waals surface area contributed by atoms with Crippen LogP contribution in [0, 0.1) is 5.92 Å². The quantitative estimate of drug-likeness (QED) is 0.704. The van der Waals surface area contributed by atoms with Gasteiger partial charge in [-0.2, -0.15) is 0 Å². The van der Waals surface area contributed by atoms with Gasteiger partial charge in [0.05, 0.1) is 0 Å². The highest BCUT2D eigenvalue weighted by molar-refractivity contribution is 6.35. The molecule has 0 saturated heterocycles. The van der Waals surface area contributed by atoms with Crippen molar-refractivity contribution in [3.05, 3.63) is 33.8 Å². The van der Waals surface area contributed by atoms with Crippen molar-refractivity contribution in [2.75, 3.05) is 6.54 Å². The summed E-state index contributed by atoms with van der Waals surface area (Å²) in [6.07, 6.45) is 7.37. The highest BCUT2D eigenvalue weighted by atomic mass is 35.5. The second kappa shape index (κ2) is 7.52. The van der Waals surface area contributed by atoms with E-state index in [4.69, 9.17) is 23.2 Å². The number of benzene rings is 1. The van der Waals surface area contributed by atoms with E-state index in [0.29, 0.717) is 6.04 Å². The molecule has 106 valence electrons. The van der Waals surface area contributed by atoms with Gasteiger partial charge >= 0.3 is 0 Å². The lowest BCUT2D eigenvalue weighted by Gasteiger charge is -2.18. The molecule has 0 radical (unpaired) electrons. The van der Waals surface area contributed by atoms with Crippen LogP contribution in [0.2, 0.25) is 10.0 Å². The number of rotatable bonds is 8. The molecule has 0 amide bonds. The summed E-state index contributed by atoms with van der Waals surface area (Å²) in [5, 5.41) is 5.29. The van der Waals surface area contributed by atoms with Crippen molar-refractivity contribution in [1.82, 2.24) is 5.32 Å². The van der Waals surface area contributed by atoms with E-state index in [1.807, 2.05) is 18.2 Å². The van der Waals surface area contributed by atoms with Crippen molar-refractivity contribution in [3.8, 4) is 0 Å². The molecule has 3 heteroatoms. The van der Waals surface area contributed by atoms with Crippen LogP contribution in [-0.4, -0.2) is 12.6 Å². The summed E-state index contributed by atoms with van der Waals surface area (Å²) in [5.41, 5.74) is 1.11. The molecule has 1 unspecified atom stereocenters. The summed E-state index contributed by atoms with van der Waals surface area (Å²) >= 11 is 12.4. The van der Waals surface area contributed by atoms with Crippen molar-refractivity contribution in [1.29, 1.82) is 0 Å². The molecular weight excluding hydrogens is 277 g/mol. The Morgan fingerprint density at radius 3 is 2.53 bits per heavy atom. The Bertz CT molecular complexity index is 381. The maximum Gasteiger partial charge on any atom is 0.0452 e. The Balaban J connectivity index is 1.81. The van der Waals surface area contributed by atoms with Crippen LogP contribution in [-0.2, 0) is 6.42 Å². The predicted molar refractivity (Wildman–Crippen MR) is 84.2 cm³/mol. The van der Waals surface area contributed by atoms with Gasteiger partial charge in [-0.25, -0.2) is 0 Å². The lowest BCUT2D eigenvalue weighted by atomic mass is 10.0. The molecule has 0 heterocycles. The van der Waals surface area contributed by atoms with Gasteiger partial charge in [-0.15, -0.1) is 0 Å². The average Bonchev–Trinajstić information content (AvgIpc) is 3.21. The molecule has 1 nitrogen and oxygen atoms in total. The minimum atomic E-state index is 0.696. The first-order valence-corrected chi connectivity index (χ1v) is 8.14. The van der Waals surface area contributed by atoms with Gasteiger partial charge < -0.3 is 5.32 Å². The van der Waals surface area contributed by atoms with Crippen LogP contribution in [0.4, 0.5) is 0 Å². The van der Waals surface area contributed by atoms with Crippen LogP contribution in [0.15, 0.2) is 18.2 Å². The molecule has 1 N–H and O–H groups in total. The molecule has 1 fully saturated rings. The van der Waals surface area contributed by atoms with Gasteiger partial charge in [0, 0.05) is 16.1 Å². The zero-order chi connectivity index (χ0) is 13.7. The molecule has 1 aromatic carbocycles. The van der Waals surface area contributed by atoms with Crippen LogP contribution >= 0.6 is 23.2 Å². The van der Waals surface area contributed by atoms with Gasteiger partial charge in [-0.1, -0.05) is 36.2 Å². The van der Waals surface area contributed by atoms with Crippen molar-refractivity contribution in [2.24, 2.45) is 5.92 Å². The molecule has 0 bridgehead atoms. The first kappa shape index (κ1) is 15.2. The van der Waals surface area contributed by atoms with Gasteiger partial charge in [0.2, 0.25) is 0 Å². The predicted octanol–water partition coefficient (Wildman–Crippen LogP) is 5.09. The Hall–Kier alpha value is -0.240. The van der Waals surface area contributed by atoms with E-state index in [1.54, 1.807) is 0 Å². The molecule has 19 heavy (non-hydrogen) atoms. The molecule has 0 aliphatic heterocycles. The second-order valence-electron chi connectivity index (χ2n) is 5.49. The van der Waals surface area contributed by atoms with Crippen LogP contribution in [0.3, 0.4) is 0 Å². The van der Waals surface area contributed by atoms with E-state index in [-0.39, 0.29) is 0 Å². The van der Waals surface area contributed by atoms with Gasteiger partial charge in [0.25, 0.3) is 0 Å². The van der Waals surface area contributed by atoms with Crippen molar-refractivity contribution in [3.63, 3.8) is 0 Å². The van der Waals surface area contributed by atoms with E-state index in [0.717, 1.165) is 40.9 Å². The lowest BCUT2D eigenvalue weighted by Crippen LogP contribution is -2.31. The fourth-order valence-electron chi connectivity index (χ4n) is 2.60. The minimum absolute atomic E-state index is 0.696. The topological polar surface area (TPSA) is 12.0 Å². The Morgan fingerprint density at radius 2 is 1.95 bits per heavy atom. The largest absolute Gasteiger partial charge is 0.314 e. The van der Waals surface area contributed by atoms with Gasteiger partial charge in [0.15, 0.2) is 0 Å². The number of hydrogen-bond acceptors (Lipinski definition) is 1. The summed E-state index contributed by atoms with van der Waals surface area (Å²) in [7, 11) is 0. The molecule has 1 aliphatic carbocycles. The van der Waals surface area contributed by atoms with Crippen LogP contribution < -0.4 is 5.32 Å². The SMILES string of the molecule is CCCNC(CCCc1c(Cl)cccc1Cl)C1CC1. The van der Waals surface area contributed by atoms with Gasteiger partial charge in [0.1, 0.15) is 0 Å². The van der Waals surface area contributed by atoms with E-state index >= 15 is 0 Å². The fourth-order valence-corrected chi connectivity index (χ4v) is 3.19. The highest BCUT2D eigenvalue weighted by Crippen LogP contribution is 2.35. The normalized spacial score (nSPS) is 16.6. The smallest absolute Gasteiger partial charge is 0.0452 e. The summed E-state index contributed by atoms with van der Waals surface area (Å²) in [4.78, 5) is 0. The van der Waals surface area contributed by atoms with Crippen molar-refractivity contribution in [2.45, 2.75) is 51.5 Å². The zero-order valence-electron chi connectivity index (χ0n) is 11.6. The number of halogens is 2. The standard InChI is InChI=1S/C16H23Cl2N/c1-2-11-19-16(12-9-10-12)8-3-5-13-14(17)6-4-7-15(13)18/h4,6-7,12,16,19H,2-3,5,8-11H2,1H3. The highest BCUT2D eigenvalue weighted by Gasteiger charge is 2.30. The first-order valence-electron chi connectivity index (χ1n) is 7.38. The maximum absolute atomic E-state index is 6.20. The van der Waals surface area contributed by atoms with E-state index < -0.39 is 0 Å². The van der Waals surface area contributed by atoms with Crippen LogP contribution in [0.5, 0.6) is 0 Å². The zero-order valence-corrected chi connectivity index (χ0v) is 13.1. The summed E-state index contributed by atoms with van der Waals surface area (Å²) in [6, 6.07) is 6.46. The van der Waals surface area contributed by atoms with Gasteiger partial charge in [-0.3, -0.25) is 0 Å². The van der Waals surface area contributed by atoms with Crippen molar-refractivity contribution < 1.29 is 0 Å². The first-order chi connectivity index (χ1) is 9.22. The maximum atomic E-state index is 6.20. The van der Waals surface area contributed by atoms with Gasteiger partial charge in [-0.05, 0) is 68.7 Å². The number of hydrogen-bond donors (Lipinski definition) is 1. The fraction of sp³-hybridized carbons (Fsp3) is 0.625. The van der Waals surface area contributed by atoms with E-state index in [2.05, 4.69) is 12.2 Å². The second-order valence-corrected chi connectivity index (χ2v) is 6.30. The third kappa shape index (κ3) is 4.66. The summed E-state index contributed by atoms with van der Waals surface area (Å²) in [5.74, 6) is 0.910. The molecule has 1 atom stereocenters. The molecule has 1 aromatic rings. The lowest BCUT2D eigenvalue weighted by molar-refractivity contribution is 0.425. The summed E-state index contributed by atoms with van der Waals surface area (Å²) < 4.78 is 0. The monoisotopic (exact) mass is 299 g/mol. The average molecular weight is 300 g/mol. The molecule has 1 saturated carbocycles. The van der Waals surface area contributed by atoms with Crippen molar-refractivity contribution >= 4 is 23.2 Å². The molecule has 1 aliphatic rings. The molecule has 0 aromatic heterocycles. The summed E-state index contributed by atoms with van der Waals surface area (Å²) in [6.45, 7) is 3.36. The molecule has 2 rings (SSSR count). The Morgan fingerprint density at radius 1 is 1.26 bits per heavy atom.